The quantitative estimate of drug-likeness (QED) is 0.387. The number of thiophene rings is 2. The van der Waals surface area contributed by atoms with E-state index < -0.39 is 30.1 Å². The molecule has 0 aromatic carbocycles. The molecule has 3 aromatic heterocycles. The van der Waals surface area contributed by atoms with Crippen molar-refractivity contribution in [2.24, 2.45) is 11.7 Å². The van der Waals surface area contributed by atoms with Crippen molar-refractivity contribution >= 4 is 56.9 Å². The minimum Gasteiger partial charge on any atom is -0.365 e. The van der Waals surface area contributed by atoms with Gasteiger partial charge in [0.15, 0.2) is 11.7 Å². The highest BCUT2D eigenvalue weighted by Crippen LogP contribution is 2.47. The van der Waals surface area contributed by atoms with Crippen molar-refractivity contribution in [1.29, 1.82) is 0 Å². The van der Waals surface area contributed by atoms with Crippen LogP contribution in [0.5, 0.6) is 0 Å². The van der Waals surface area contributed by atoms with Gasteiger partial charge in [0.2, 0.25) is 0 Å². The van der Waals surface area contributed by atoms with E-state index in [9.17, 15) is 22.8 Å². The van der Waals surface area contributed by atoms with Gasteiger partial charge in [0.25, 0.3) is 11.8 Å². The predicted octanol–water partition coefficient (Wildman–Crippen LogP) is 5.80. The number of rotatable bonds is 4. The van der Waals surface area contributed by atoms with Gasteiger partial charge in [-0.25, -0.2) is 4.68 Å². The SMILES string of the molecule is C[C@@H]1CCc2c(sc(NC(=O)c3nn4c(c3Cl)N[C@@H](c3cccs3)C[C@H]4C(F)(F)F)c2C(N)=O)C1. The first-order valence-electron chi connectivity index (χ1n) is 10.9. The summed E-state index contributed by atoms with van der Waals surface area (Å²) in [6.07, 6.45) is -2.57. The molecule has 2 amide bonds. The molecule has 0 radical (unpaired) electrons. The lowest BCUT2D eigenvalue weighted by molar-refractivity contribution is -0.173. The number of hydrogen-bond donors (Lipinski definition) is 3. The Morgan fingerprint density at radius 2 is 2.14 bits per heavy atom. The van der Waals surface area contributed by atoms with Gasteiger partial charge in [-0.05, 0) is 42.2 Å². The van der Waals surface area contributed by atoms with Crippen molar-refractivity contribution in [2.75, 3.05) is 10.6 Å². The highest BCUT2D eigenvalue weighted by atomic mass is 35.5. The summed E-state index contributed by atoms with van der Waals surface area (Å²) >= 11 is 9.00. The van der Waals surface area contributed by atoms with Gasteiger partial charge >= 0.3 is 6.18 Å². The number of primary amides is 1. The third-order valence-corrected chi connectivity index (χ3v) is 8.90. The summed E-state index contributed by atoms with van der Waals surface area (Å²) in [6, 6.07) is 0.913. The van der Waals surface area contributed by atoms with E-state index in [0.29, 0.717) is 12.3 Å². The molecule has 0 spiro atoms. The summed E-state index contributed by atoms with van der Waals surface area (Å²) in [4.78, 5) is 27.0. The van der Waals surface area contributed by atoms with Crippen LogP contribution in [0.2, 0.25) is 5.02 Å². The summed E-state index contributed by atoms with van der Waals surface area (Å²) in [5.41, 5.74) is 6.32. The highest BCUT2D eigenvalue weighted by Gasteiger charge is 2.48. The minimum atomic E-state index is -4.60. The Hall–Kier alpha value is -2.57. The van der Waals surface area contributed by atoms with Crippen LogP contribution in [0, 0.1) is 5.92 Å². The molecule has 5 rings (SSSR count). The number of anilines is 2. The number of nitrogens with zero attached hydrogens (tertiary/aromatic N) is 2. The Labute approximate surface area is 211 Å². The lowest BCUT2D eigenvalue weighted by Gasteiger charge is -2.32. The molecule has 2 aliphatic rings. The Balaban J connectivity index is 1.50. The number of carbonyl (C=O) groups excluding carboxylic acids is 2. The minimum absolute atomic E-state index is 0.0711. The van der Waals surface area contributed by atoms with Crippen LogP contribution in [-0.2, 0) is 12.8 Å². The van der Waals surface area contributed by atoms with Crippen LogP contribution < -0.4 is 16.4 Å². The Bertz CT molecular complexity index is 1300. The summed E-state index contributed by atoms with van der Waals surface area (Å²) in [6.45, 7) is 2.10. The van der Waals surface area contributed by atoms with Gasteiger partial charge in [-0.1, -0.05) is 24.6 Å². The first kappa shape index (κ1) is 24.1. The van der Waals surface area contributed by atoms with Gasteiger partial charge in [-0.3, -0.25) is 9.59 Å². The lowest BCUT2D eigenvalue weighted by Crippen LogP contribution is -2.35. The fraction of sp³-hybridized carbons (Fsp3) is 0.409. The van der Waals surface area contributed by atoms with Gasteiger partial charge in [-0.15, -0.1) is 22.7 Å². The van der Waals surface area contributed by atoms with Gasteiger partial charge in [-0.2, -0.15) is 18.3 Å². The second kappa shape index (κ2) is 8.82. The molecule has 0 fully saturated rings. The normalized spacial score (nSPS) is 21.7. The Morgan fingerprint density at radius 3 is 2.80 bits per heavy atom. The fourth-order valence-corrected chi connectivity index (χ4v) is 7.14. The van der Waals surface area contributed by atoms with Crippen LogP contribution in [0.3, 0.4) is 0 Å². The first-order valence-corrected chi connectivity index (χ1v) is 13.0. The molecular weight excluding hydrogens is 523 g/mol. The molecule has 7 nitrogen and oxygen atoms in total. The monoisotopic (exact) mass is 543 g/mol. The highest BCUT2D eigenvalue weighted by molar-refractivity contribution is 7.17. The molecule has 186 valence electrons. The van der Waals surface area contributed by atoms with Crippen LogP contribution in [0.4, 0.5) is 24.0 Å². The third-order valence-electron chi connectivity index (χ3n) is 6.38. The second-order valence-electron chi connectivity index (χ2n) is 8.84. The summed E-state index contributed by atoms with van der Waals surface area (Å²) < 4.78 is 42.6. The van der Waals surface area contributed by atoms with E-state index in [4.69, 9.17) is 17.3 Å². The van der Waals surface area contributed by atoms with Gasteiger partial charge in [0, 0.05) is 16.2 Å². The number of fused-ring (bicyclic) bond motifs is 2. The van der Waals surface area contributed by atoms with Gasteiger partial charge in [0.1, 0.15) is 15.8 Å². The van der Waals surface area contributed by atoms with Crippen molar-refractivity contribution in [3.05, 3.63) is 49.1 Å². The number of nitrogens with two attached hydrogens (primary N) is 1. The smallest absolute Gasteiger partial charge is 0.365 e. The molecular formula is C22H21ClF3N5O2S2. The summed E-state index contributed by atoms with van der Waals surface area (Å²) in [5.74, 6) is -1.11. The van der Waals surface area contributed by atoms with Crippen LogP contribution in [0.25, 0.3) is 0 Å². The average molecular weight is 544 g/mol. The molecule has 0 bridgehead atoms. The van der Waals surface area contributed by atoms with Crippen molar-refractivity contribution in [1.82, 2.24) is 9.78 Å². The molecule has 4 heterocycles. The van der Waals surface area contributed by atoms with E-state index in [1.54, 1.807) is 17.5 Å². The zero-order valence-corrected chi connectivity index (χ0v) is 20.8. The number of amides is 2. The Kier molecular flexibility index (Phi) is 6.09. The molecule has 0 saturated carbocycles. The predicted molar refractivity (Wildman–Crippen MR) is 130 cm³/mol. The summed E-state index contributed by atoms with van der Waals surface area (Å²) in [7, 11) is 0. The largest absolute Gasteiger partial charge is 0.410 e. The van der Waals surface area contributed by atoms with Crippen LogP contribution in [-0.4, -0.2) is 27.8 Å². The van der Waals surface area contributed by atoms with Crippen molar-refractivity contribution < 1.29 is 22.8 Å². The maximum absolute atomic E-state index is 13.9. The third kappa shape index (κ3) is 4.31. The molecule has 4 N–H and O–H groups in total. The van der Waals surface area contributed by atoms with Crippen LogP contribution in [0.1, 0.15) is 68.0 Å². The maximum atomic E-state index is 13.9. The lowest BCUT2D eigenvalue weighted by atomic mass is 9.88. The van der Waals surface area contributed by atoms with E-state index in [1.807, 2.05) is 0 Å². The average Bonchev–Trinajstić information content (AvgIpc) is 3.50. The number of aromatic nitrogens is 2. The topological polar surface area (TPSA) is 102 Å². The van der Waals surface area contributed by atoms with Gasteiger partial charge in [0.05, 0.1) is 11.6 Å². The summed E-state index contributed by atoms with van der Waals surface area (Å²) in [5, 5.41) is 11.4. The molecule has 13 heteroatoms. The van der Waals surface area contributed by atoms with E-state index in [-0.39, 0.29) is 33.5 Å². The van der Waals surface area contributed by atoms with Gasteiger partial charge < -0.3 is 16.4 Å². The van der Waals surface area contributed by atoms with Crippen molar-refractivity contribution in [3.8, 4) is 0 Å². The Morgan fingerprint density at radius 1 is 1.37 bits per heavy atom. The number of halogens is 4. The van der Waals surface area contributed by atoms with E-state index >= 15 is 0 Å². The molecule has 1 aliphatic carbocycles. The van der Waals surface area contributed by atoms with Crippen molar-refractivity contribution in [2.45, 2.75) is 50.9 Å². The zero-order valence-electron chi connectivity index (χ0n) is 18.4. The van der Waals surface area contributed by atoms with E-state index in [1.165, 1.54) is 22.7 Å². The second-order valence-corrected chi connectivity index (χ2v) is 11.3. The van der Waals surface area contributed by atoms with Crippen LogP contribution >= 0.6 is 34.3 Å². The molecule has 1 aliphatic heterocycles. The molecule has 35 heavy (non-hydrogen) atoms. The van der Waals surface area contributed by atoms with E-state index in [0.717, 1.165) is 32.8 Å². The molecule has 0 saturated heterocycles. The number of carbonyl (C=O) groups is 2. The standard InChI is InChI=1S/C22H21ClF3N5O2S2/c1-9-4-5-10-13(7-9)35-21(15(10)18(27)32)29-20(33)17-16(23)19-28-11(12-3-2-6-34-12)8-14(22(24,25)26)31(19)30-17/h2-3,6,9,11,14,28H,4-5,7-8H2,1H3,(H2,27,32)(H,29,33)/t9-,11-,14+/m1/s1. The molecule has 3 aromatic rings. The number of nitrogens with one attached hydrogen (secondary N) is 2. The van der Waals surface area contributed by atoms with E-state index in [2.05, 4.69) is 22.7 Å². The maximum Gasteiger partial charge on any atom is 0.410 e. The molecule has 0 unspecified atom stereocenters. The first-order chi connectivity index (χ1) is 16.5. The zero-order chi connectivity index (χ0) is 25.1. The molecule has 3 atom stereocenters. The van der Waals surface area contributed by atoms with Crippen molar-refractivity contribution in [3.63, 3.8) is 0 Å². The fourth-order valence-electron chi connectivity index (χ4n) is 4.67. The number of hydrogen-bond acceptors (Lipinski definition) is 6. The van der Waals surface area contributed by atoms with Crippen LogP contribution in [0.15, 0.2) is 17.5 Å². The number of alkyl halides is 3.